The van der Waals surface area contributed by atoms with Gasteiger partial charge in [-0.05, 0) is 6.07 Å². The number of nitrogens with one attached hydrogen (secondary N) is 1. The van der Waals surface area contributed by atoms with Gasteiger partial charge in [0.15, 0.2) is 0 Å². The number of pyridine rings is 1. The average Bonchev–Trinajstić information content (AvgIpc) is 3.07. The molecular formula is C12H13Cl2N5O. The molecule has 1 aliphatic heterocycles. The van der Waals surface area contributed by atoms with Crippen molar-refractivity contribution in [3.8, 4) is 0 Å². The number of hydrogen-bond donors (Lipinski definition) is 1. The number of aromatic amines is 1. The van der Waals surface area contributed by atoms with E-state index in [2.05, 4.69) is 25.3 Å². The van der Waals surface area contributed by atoms with Crippen LogP contribution in [0.2, 0.25) is 10.0 Å². The highest BCUT2D eigenvalue weighted by Crippen LogP contribution is 2.34. The Kier molecular flexibility index (Phi) is 3.78. The lowest BCUT2D eigenvalue weighted by atomic mass is 10.0. The Hall–Kier alpha value is -1.37. The van der Waals surface area contributed by atoms with Crippen molar-refractivity contribution in [2.45, 2.75) is 12.0 Å². The maximum Gasteiger partial charge on any atom is 0.147 e. The minimum Gasteiger partial charge on any atom is -0.379 e. The fraction of sp³-hybridized carbons (Fsp3) is 0.417. The molecule has 1 fully saturated rings. The summed E-state index contributed by atoms with van der Waals surface area (Å²) in [4.78, 5) is 6.38. The van der Waals surface area contributed by atoms with Crippen LogP contribution in [-0.4, -0.2) is 46.7 Å². The van der Waals surface area contributed by atoms with E-state index >= 15 is 0 Å². The fourth-order valence-electron chi connectivity index (χ4n) is 2.50. The molecule has 0 unspecified atom stereocenters. The van der Waals surface area contributed by atoms with E-state index in [1.807, 2.05) is 0 Å². The highest BCUT2D eigenvalue weighted by Gasteiger charge is 2.36. The Morgan fingerprint density at radius 2 is 2.20 bits per heavy atom. The smallest absolute Gasteiger partial charge is 0.147 e. The fourth-order valence-corrected chi connectivity index (χ4v) is 3.00. The van der Waals surface area contributed by atoms with Crippen LogP contribution in [0.5, 0.6) is 0 Å². The molecule has 2 aromatic rings. The molecule has 1 saturated heterocycles. The summed E-state index contributed by atoms with van der Waals surface area (Å²) >= 11 is 12.1. The molecule has 1 aliphatic rings. The van der Waals surface area contributed by atoms with Crippen molar-refractivity contribution in [1.29, 1.82) is 0 Å². The van der Waals surface area contributed by atoms with Crippen LogP contribution < -0.4 is 4.90 Å². The quantitative estimate of drug-likeness (QED) is 0.940. The van der Waals surface area contributed by atoms with Gasteiger partial charge < -0.3 is 9.64 Å². The molecule has 2 aromatic heterocycles. The molecule has 0 bridgehead atoms. The maximum atomic E-state index is 6.21. The van der Waals surface area contributed by atoms with Crippen LogP contribution in [0.3, 0.4) is 0 Å². The molecule has 106 valence electrons. The Labute approximate surface area is 126 Å². The molecule has 8 heteroatoms. The number of H-pyrrole nitrogens is 1. The summed E-state index contributed by atoms with van der Waals surface area (Å²) in [5.74, 6) is 0.844. The van der Waals surface area contributed by atoms with E-state index in [1.54, 1.807) is 25.6 Å². The van der Waals surface area contributed by atoms with E-state index < -0.39 is 0 Å². The topological polar surface area (TPSA) is 66.9 Å². The van der Waals surface area contributed by atoms with Crippen LogP contribution in [-0.2, 0) is 4.74 Å². The van der Waals surface area contributed by atoms with Crippen LogP contribution >= 0.6 is 23.2 Å². The van der Waals surface area contributed by atoms with Gasteiger partial charge in [-0.15, -0.1) is 0 Å². The summed E-state index contributed by atoms with van der Waals surface area (Å²) in [6.45, 7) is 1.42. The Balaban J connectivity index is 1.86. The van der Waals surface area contributed by atoms with Gasteiger partial charge in [0.1, 0.15) is 5.82 Å². The summed E-state index contributed by atoms with van der Waals surface area (Å²) in [6.07, 6.45) is 3.33. The maximum absolute atomic E-state index is 6.21. The number of hydrogen-bond acceptors (Lipinski definition) is 5. The lowest BCUT2D eigenvalue weighted by Crippen LogP contribution is -2.23. The number of anilines is 1. The zero-order chi connectivity index (χ0) is 14.1. The van der Waals surface area contributed by atoms with Crippen LogP contribution in [0, 0.1) is 0 Å². The average molecular weight is 314 g/mol. The van der Waals surface area contributed by atoms with Gasteiger partial charge in [0.05, 0.1) is 34.0 Å². The summed E-state index contributed by atoms with van der Waals surface area (Å²) in [5.41, 5.74) is 0.879. The van der Waals surface area contributed by atoms with Gasteiger partial charge >= 0.3 is 0 Å². The first-order valence-corrected chi connectivity index (χ1v) is 6.89. The molecule has 0 amide bonds. The van der Waals surface area contributed by atoms with Gasteiger partial charge in [-0.1, -0.05) is 23.2 Å². The van der Waals surface area contributed by atoms with Crippen molar-refractivity contribution in [2.75, 3.05) is 25.1 Å². The summed E-state index contributed by atoms with van der Waals surface area (Å²) < 4.78 is 5.54. The number of ether oxygens (including phenoxy) is 1. The van der Waals surface area contributed by atoms with Gasteiger partial charge in [-0.2, -0.15) is 15.4 Å². The predicted octanol–water partition coefficient (Wildman–Crippen LogP) is 2.13. The minimum absolute atomic E-state index is 0.0219. The molecular weight excluding hydrogens is 301 g/mol. The van der Waals surface area contributed by atoms with Crippen molar-refractivity contribution >= 4 is 29.0 Å². The van der Waals surface area contributed by atoms with Crippen molar-refractivity contribution in [1.82, 2.24) is 20.4 Å². The number of nitrogens with zero attached hydrogens (tertiary/aromatic N) is 4. The first kappa shape index (κ1) is 13.6. The van der Waals surface area contributed by atoms with E-state index in [1.165, 1.54) is 0 Å². The lowest BCUT2D eigenvalue weighted by molar-refractivity contribution is 0.105. The number of aromatic nitrogens is 4. The van der Waals surface area contributed by atoms with Gasteiger partial charge in [0.25, 0.3) is 0 Å². The number of halogens is 2. The lowest BCUT2D eigenvalue weighted by Gasteiger charge is -2.18. The number of rotatable bonds is 3. The van der Waals surface area contributed by atoms with Crippen molar-refractivity contribution in [3.63, 3.8) is 0 Å². The Morgan fingerprint density at radius 3 is 2.85 bits per heavy atom. The van der Waals surface area contributed by atoms with Gasteiger partial charge in [-0.25, -0.2) is 4.98 Å². The van der Waals surface area contributed by atoms with Crippen LogP contribution in [0.25, 0.3) is 0 Å². The zero-order valence-electron chi connectivity index (χ0n) is 10.8. The molecule has 0 aromatic carbocycles. The Bertz CT molecular complexity index is 592. The van der Waals surface area contributed by atoms with Crippen molar-refractivity contribution in [3.05, 3.63) is 34.2 Å². The third kappa shape index (κ3) is 2.46. The van der Waals surface area contributed by atoms with Gasteiger partial charge in [0.2, 0.25) is 0 Å². The SMILES string of the molecule is CO[C@@H]1CN(c2ncc(Cl)cc2Cl)C[C@H]1c1cn[nH]n1. The van der Waals surface area contributed by atoms with Crippen molar-refractivity contribution < 1.29 is 4.74 Å². The van der Waals surface area contributed by atoms with Gasteiger partial charge in [0, 0.05) is 26.4 Å². The Morgan fingerprint density at radius 1 is 1.35 bits per heavy atom. The van der Waals surface area contributed by atoms with Crippen LogP contribution in [0.4, 0.5) is 5.82 Å². The molecule has 6 nitrogen and oxygen atoms in total. The predicted molar refractivity (Wildman–Crippen MR) is 76.4 cm³/mol. The molecule has 0 radical (unpaired) electrons. The zero-order valence-corrected chi connectivity index (χ0v) is 12.3. The van der Waals surface area contributed by atoms with Crippen LogP contribution in [0.15, 0.2) is 18.5 Å². The number of methoxy groups -OCH3 is 1. The van der Waals surface area contributed by atoms with E-state index in [9.17, 15) is 0 Å². The van der Waals surface area contributed by atoms with Gasteiger partial charge in [-0.3, -0.25) is 0 Å². The van der Waals surface area contributed by atoms with Crippen LogP contribution in [0.1, 0.15) is 11.6 Å². The second-order valence-electron chi connectivity index (χ2n) is 4.64. The van der Waals surface area contributed by atoms with E-state index in [4.69, 9.17) is 27.9 Å². The van der Waals surface area contributed by atoms with E-state index in [0.717, 1.165) is 12.2 Å². The first-order chi connectivity index (χ1) is 9.69. The largest absolute Gasteiger partial charge is 0.379 e. The van der Waals surface area contributed by atoms with E-state index in [0.29, 0.717) is 22.4 Å². The standard InChI is InChI=1S/C12H13Cl2N5O/c1-20-11-6-19(5-8(11)10-4-16-18-17-10)12-9(14)2-7(13)3-15-12/h2-4,8,11H,5-6H2,1H3,(H,16,17,18)/t8-,11+/m0/s1. The monoisotopic (exact) mass is 313 g/mol. The second-order valence-corrected chi connectivity index (χ2v) is 5.48. The molecule has 3 heterocycles. The summed E-state index contributed by atoms with van der Waals surface area (Å²) in [6, 6.07) is 1.69. The molecule has 0 spiro atoms. The summed E-state index contributed by atoms with van der Waals surface area (Å²) in [7, 11) is 1.69. The highest BCUT2D eigenvalue weighted by molar-refractivity contribution is 6.36. The van der Waals surface area contributed by atoms with E-state index in [-0.39, 0.29) is 12.0 Å². The second kappa shape index (κ2) is 5.55. The molecule has 2 atom stereocenters. The highest BCUT2D eigenvalue weighted by atomic mass is 35.5. The molecule has 0 aliphatic carbocycles. The molecule has 1 N–H and O–H groups in total. The molecule has 20 heavy (non-hydrogen) atoms. The third-order valence-corrected chi connectivity index (χ3v) is 3.96. The summed E-state index contributed by atoms with van der Waals surface area (Å²) in [5, 5.41) is 11.7. The third-order valence-electron chi connectivity index (χ3n) is 3.47. The molecule has 3 rings (SSSR count). The van der Waals surface area contributed by atoms with Crippen molar-refractivity contribution in [2.24, 2.45) is 0 Å². The minimum atomic E-state index is 0.0219. The first-order valence-electron chi connectivity index (χ1n) is 6.13. The normalized spacial score (nSPS) is 22.4. The molecule has 0 saturated carbocycles.